The first-order valence-corrected chi connectivity index (χ1v) is 8.81. The fourth-order valence-corrected chi connectivity index (χ4v) is 3.88. The monoisotopic (exact) mass is 446 g/mol. The third-order valence-electron chi connectivity index (χ3n) is 4.40. The van der Waals surface area contributed by atoms with Crippen LogP contribution in [0.25, 0.3) is 5.65 Å². The van der Waals surface area contributed by atoms with Crippen LogP contribution < -0.4 is 4.74 Å². The molecule has 2 heterocycles. The Labute approximate surface area is 159 Å². The zero-order chi connectivity index (χ0) is 18.6. The Morgan fingerprint density at radius 2 is 2.12 bits per heavy atom. The van der Waals surface area contributed by atoms with E-state index in [1.807, 2.05) is 0 Å². The molecule has 0 fully saturated rings. The molecule has 0 spiro atoms. The number of hydrogen-bond acceptors (Lipinski definition) is 3. The number of alkyl halides is 2. The molecule has 4 rings (SSSR count). The van der Waals surface area contributed by atoms with Crippen LogP contribution in [0.5, 0.6) is 5.75 Å². The highest BCUT2D eigenvalue weighted by atomic mass is 79.9. The molecule has 9 heteroatoms. The van der Waals surface area contributed by atoms with Crippen LogP contribution in [-0.2, 0) is 0 Å². The van der Waals surface area contributed by atoms with E-state index in [2.05, 4.69) is 25.7 Å². The SMILES string of the molecule is OC1CC(c2cc(Cl)ccc2OC(F)F)c2c1nc1cc(F)c(Br)cn21. The fourth-order valence-electron chi connectivity index (χ4n) is 3.38. The Hall–Kier alpha value is -1.77. The third-order valence-corrected chi connectivity index (χ3v) is 5.22. The second-order valence-corrected chi connectivity index (χ2v) is 7.24. The first kappa shape index (κ1) is 17.6. The molecule has 2 atom stereocenters. The van der Waals surface area contributed by atoms with Crippen LogP contribution in [0.15, 0.2) is 34.9 Å². The molecule has 26 heavy (non-hydrogen) atoms. The number of nitrogens with zero attached hydrogens (tertiary/aromatic N) is 2. The van der Waals surface area contributed by atoms with Gasteiger partial charge in [0.2, 0.25) is 0 Å². The van der Waals surface area contributed by atoms with Crippen LogP contribution in [0, 0.1) is 5.82 Å². The van der Waals surface area contributed by atoms with E-state index in [-0.39, 0.29) is 16.6 Å². The van der Waals surface area contributed by atoms with Crippen molar-refractivity contribution in [3.63, 3.8) is 0 Å². The second kappa shape index (κ2) is 6.44. The summed E-state index contributed by atoms with van der Waals surface area (Å²) in [5, 5.41) is 10.7. The lowest BCUT2D eigenvalue weighted by atomic mass is 9.95. The summed E-state index contributed by atoms with van der Waals surface area (Å²) in [5.41, 5.74) is 1.71. The molecule has 0 aliphatic heterocycles. The highest BCUT2D eigenvalue weighted by Gasteiger charge is 2.37. The van der Waals surface area contributed by atoms with Crippen molar-refractivity contribution < 1.29 is 23.0 Å². The number of hydrogen-bond donors (Lipinski definition) is 1. The lowest BCUT2D eigenvalue weighted by Crippen LogP contribution is -2.08. The maximum atomic E-state index is 13.8. The van der Waals surface area contributed by atoms with Gasteiger partial charge in [0.25, 0.3) is 0 Å². The number of aliphatic hydroxyl groups excluding tert-OH is 1. The topological polar surface area (TPSA) is 46.8 Å². The lowest BCUT2D eigenvalue weighted by molar-refractivity contribution is -0.0505. The minimum atomic E-state index is -2.99. The van der Waals surface area contributed by atoms with Crippen LogP contribution in [0.1, 0.15) is 35.4 Å². The highest BCUT2D eigenvalue weighted by Crippen LogP contribution is 2.47. The minimum absolute atomic E-state index is 0.0226. The standard InChI is InChI=1S/C17H11BrClF3N2O2/c18-10-6-24-14(5-11(10)20)23-15-12(25)4-9(16(15)24)8-3-7(19)1-2-13(8)26-17(21)22/h1-3,5-6,9,12,17,25H,4H2. The molecule has 136 valence electrons. The first-order chi connectivity index (χ1) is 12.3. The van der Waals surface area contributed by atoms with E-state index in [1.54, 1.807) is 4.40 Å². The Morgan fingerprint density at radius 3 is 2.85 bits per heavy atom. The maximum Gasteiger partial charge on any atom is 0.387 e. The summed E-state index contributed by atoms with van der Waals surface area (Å²) in [6.45, 7) is -2.99. The van der Waals surface area contributed by atoms with Gasteiger partial charge < -0.3 is 14.2 Å². The molecule has 0 radical (unpaired) electrons. The largest absolute Gasteiger partial charge is 0.435 e. The molecular formula is C17H11BrClF3N2O2. The zero-order valence-electron chi connectivity index (χ0n) is 13.0. The van der Waals surface area contributed by atoms with Crippen molar-refractivity contribution in [1.82, 2.24) is 9.38 Å². The molecular weight excluding hydrogens is 437 g/mol. The lowest BCUT2D eigenvalue weighted by Gasteiger charge is -2.18. The Kier molecular flexibility index (Phi) is 4.37. The van der Waals surface area contributed by atoms with Gasteiger partial charge in [0.05, 0.1) is 22.0 Å². The van der Waals surface area contributed by atoms with Crippen molar-refractivity contribution >= 4 is 33.2 Å². The number of halogens is 5. The summed E-state index contributed by atoms with van der Waals surface area (Å²) in [7, 11) is 0. The number of imidazole rings is 1. The van der Waals surface area contributed by atoms with Crippen molar-refractivity contribution in [2.75, 3.05) is 0 Å². The van der Waals surface area contributed by atoms with Gasteiger partial charge in [0.15, 0.2) is 0 Å². The van der Waals surface area contributed by atoms with Gasteiger partial charge in [-0.25, -0.2) is 9.37 Å². The molecule has 1 aliphatic rings. The van der Waals surface area contributed by atoms with E-state index in [0.29, 0.717) is 27.6 Å². The number of aliphatic hydroxyl groups is 1. The Bertz CT molecular complexity index is 1010. The molecule has 3 aromatic rings. The van der Waals surface area contributed by atoms with Crippen LogP contribution in [-0.4, -0.2) is 21.1 Å². The van der Waals surface area contributed by atoms with E-state index in [9.17, 15) is 18.3 Å². The minimum Gasteiger partial charge on any atom is -0.435 e. The Morgan fingerprint density at radius 1 is 1.35 bits per heavy atom. The van der Waals surface area contributed by atoms with E-state index < -0.39 is 24.5 Å². The quantitative estimate of drug-likeness (QED) is 0.610. The molecule has 4 nitrogen and oxygen atoms in total. The molecule has 0 bridgehead atoms. The van der Waals surface area contributed by atoms with Crippen molar-refractivity contribution in [1.29, 1.82) is 0 Å². The van der Waals surface area contributed by atoms with Crippen molar-refractivity contribution in [3.05, 3.63) is 62.7 Å². The number of ether oxygens (including phenoxy) is 1. The molecule has 2 unspecified atom stereocenters. The molecule has 2 aromatic heterocycles. The summed E-state index contributed by atoms with van der Waals surface area (Å²) >= 11 is 9.18. The molecule has 1 aromatic carbocycles. The van der Waals surface area contributed by atoms with Crippen molar-refractivity contribution in [2.24, 2.45) is 0 Å². The van der Waals surface area contributed by atoms with E-state index in [1.165, 1.54) is 30.5 Å². The maximum absolute atomic E-state index is 13.8. The number of rotatable bonds is 3. The molecule has 0 amide bonds. The summed E-state index contributed by atoms with van der Waals surface area (Å²) < 4.78 is 45.8. The smallest absolute Gasteiger partial charge is 0.387 e. The molecule has 1 aliphatic carbocycles. The third kappa shape index (κ3) is 2.86. The molecule has 1 N–H and O–H groups in total. The Balaban J connectivity index is 1.92. The summed E-state index contributed by atoms with van der Waals surface area (Å²) in [6.07, 6.45) is 0.824. The van der Waals surface area contributed by atoms with Gasteiger partial charge in [-0.1, -0.05) is 11.6 Å². The van der Waals surface area contributed by atoms with Gasteiger partial charge in [0.1, 0.15) is 17.2 Å². The van der Waals surface area contributed by atoms with Gasteiger partial charge in [0, 0.05) is 28.8 Å². The van der Waals surface area contributed by atoms with E-state index in [0.717, 1.165) is 0 Å². The van der Waals surface area contributed by atoms with Crippen molar-refractivity contribution in [2.45, 2.75) is 25.1 Å². The first-order valence-electron chi connectivity index (χ1n) is 7.64. The predicted molar refractivity (Wildman–Crippen MR) is 92.4 cm³/mol. The second-order valence-electron chi connectivity index (χ2n) is 5.94. The van der Waals surface area contributed by atoms with Crippen LogP contribution in [0.2, 0.25) is 5.02 Å². The number of pyridine rings is 1. The van der Waals surface area contributed by atoms with Crippen LogP contribution >= 0.6 is 27.5 Å². The van der Waals surface area contributed by atoms with Gasteiger partial charge in [-0.3, -0.25) is 0 Å². The number of benzene rings is 1. The zero-order valence-corrected chi connectivity index (χ0v) is 15.3. The van der Waals surface area contributed by atoms with Gasteiger partial charge in [-0.15, -0.1) is 0 Å². The number of aromatic nitrogens is 2. The summed E-state index contributed by atoms with van der Waals surface area (Å²) in [4.78, 5) is 4.30. The van der Waals surface area contributed by atoms with E-state index >= 15 is 0 Å². The fraction of sp³-hybridized carbons (Fsp3) is 0.235. The van der Waals surface area contributed by atoms with Gasteiger partial charge in [-0.05, 0) is 40.5 Å². The van der Waals surface area contributed by atoms with Crippen molar-refractivity contribution in [3.8, 4) is 5.75 Å². The number of fused-ring (bicyclic) bond motifs is 3. The highest BCUT2D eigenvalue weighted by molar-refractivity contribution is 9.10. The van der Waals surface area contributed by atoms with E-state index in [4.69, 9.17) is 11.6 Å². The van der Waals surface area contributed by atoms with Crippen LogP contribution in [0.3, 0.4) is 0 Å². The molecule has 0 saturated carbocycles. The normalized spacial score (nSPS) is 19.3. The van der Waals surface area contributed by atoms with Gasteiger partial charge >= 0.3 is 6.61 Å². The van der Waals surface area contributed by atoms with Gasteiger partial charge in [-0.2, -0.15) is 8.78 Å². The predicted octanol–water partition coefficient (Wildman–Crippen LogP) is 5.06. The average Bonchev–Trinajstić information content (AvgIpc) is 3.07. The van der Waals surface area contributed by atoms with Crippen LogP contribution in [0.4, 0.5) is 13.2 Å². The summed E-state index contributed by atoms with van der Waals surface area (Å²) in [5.74, 6) is -0.998. The summed E-state index contributed by atoms with van der Waals surface area (Å²) in [6, 6.07) is 5.59. The molecule has 0 saturated heterocycles. The average molecular weight is 448 g/mol.